The highest BCUT2D eigenvalue weighted by atomic mass is 35.5. The first-order valence-corrected chi connectivity index (χ1v) is 12.5. The van der Waals surface area contributed by atoms with Gasteiger partial charge in [0.15, 0.2) is 5.82 Å². The monoisotopic (exact) mass is 490 g/mol. The zero-order valence-corrected chi connectivity index (χ0v) is 21.1. The van der Waals surface area contributed by atoms with Crippen molar-refractivity contribution in [2.75, 3.05) is 29.0 Å². The molecular formula is C27H31ClN6O. The maximum atomic E-state index is 12.4. The molecule has 2 aromatic carbocycles. The summed E-state index contributed by atoms with van der Waals surface area (Å²) >= 11 is 6.41. The standard InChI is InChI=1S/C27H31ClN6O/c1-16-13-18(17-9-11-29-12-10-17)7-8-21(16)33-26-31-15-20(28)24(34-26)30-14-19-5-4-6-22-23(19)27(2,3)25(35)32-22/h4-8,13,15,17,29H,9-12,14H2,1-3H3,(H,32,35)(H2,30,31,33,34). The van der Waals surface area contributed by atoms with E-state index in [1.807, 2.05) is 32.0 Å². The van der Waals surface area contributed by atoms with Gasteiger partial charge in [-0.3, -0.25) is 4.79 Å². The minimum absolute atomic E-state index is 0.00745. The Morgan fingerprint density at radius 3 is 2.74 bits per heavy atom. The number of hydrogen-bond acceptors (Lipinski definition) is 6. The lowest BCUT2D eigenvalue weighted by Gasteiger charge is -2.23. The molecule has 0 spiro atoms. The zero-order chi connectivity index (χ0) is 24.6. The molecular weight excluding hydrogens is 460 g/mol. The van der Waals surface area contributed by atoms with Crippen molar-refractivity contribution in [1.29, 1.82) is 0 Å². The molecule has 0 bridgehead atoms. The molecule has 0 aliphatic carbocycles. The van der Waals surface area contributed by atoms with Crippen LogP contribution in [0.4, 0.5) is 23.1 Å². The summed E-state index contributed by atoms with van der Waals surface area (Å²) in [6.45, 7) is 8.63. The van der Waals surface area contributed by atoms with Crippen LogP contribution in [-0.2, 0) is 16.8 Å². The number of amides is 1. The lowest BCUT2D eigenvalue weighted by molar-refractivity contribution is -0.119. The number of benzene rings is 2. The highest BCUT2D eigenvalue weighted by Gasteiger charge is 2.39. The molecule has 0 saturated carbocycles. The largest absolute Gasteiger partial charge is 0.365 e. The van der Waals surface area contributed by atoms with E-state index in [2.05, 4.69) is 56.4 Å². The molecule has 1 amide bonds. The van der Waals surface area contributed by atoms with Crippen molar-refractivity contribution in [2.24, 2.45) is 0 Å². The van der Waals surface area contributed by atoms with Gasteiger partial charge in [0.2, 0.25) is 11.9 Å². The Kier molecular flexibility index (Phi) is 6.38. The molecule has 1 saturated heterocycles. The molecule has 3 heterocycles. The number of hydrogen-bond donors (Lipinski definition) is 4. The van der Waals surface area contributed by atoms with Crippen molar-refractivity contribution in [3.63, 3.8) is 0 Å². The first-order chi connectivity index (χ1) is 16.8. The molecule has 3 aromatic rings. The molecule has 2 aliphatic rings. The lowest BCUT2D eigenvalue weighted by atomic mass is 9.83. The van der Waals surface area contributed by atoms with Crippen LogP contribution in [0.1, 0.15) is 54.9 Å². The second-order valence-electron chi connectivity index (χ2n) is 9.89. The van der Waals surface area contributed by atoms with Crippen LogP contribution in [0.15, 0.2) is 42.6 Å². The van der Waals surface area contributed by atoms with Gasteiger partial charge in [-0.15, -0.1) is 0 Å². The van der Waals surface area contributed by atoms with E-state index in [1.54, 1.807) is 6.20 Å². The quantitative estimate of drug-likeness (QED) is 0.365. The zero-order valence-electron chi connectivity index (χ0n) is 20.3. The lowest BCUT2D eigenvalue weighted by Crippen LogP contribution is -2.28. The van der Waals surface area contributed by atoms with E-state index in [0.717, 1.165) is 41.2 Å². The number of halogens is 1. The highest BCUT2D eigenvalue weighted by molar-refractivity contribution is 6.32. The molecule has 1 aromatic heterocycles. The average Bonchev–Trinajstić information content (AvgIpc) is 3.09. The van der Waals surface area contributed by atoms with Crippen molar-refractivity contribution >= 4 is 40.6 Å². The van der Waals surface area contributed by atoms with Crippen LogP contribution in [0.3, 0.4) is 0 Å². The fourth-order valence-corrected chi connectivity index (χ4v) is 5.23. The number of carbonyl (C=O) groups is 1. The summed E-state index contributed by atoms with van der Waals surface area (Å²) in [5.41, 5.74) is 5.83. The second kappa shape index (κ2) is 9.47. The molecule has 182 valence electrons. The van der Waals surface area contributed by atoms with Crippen molar-refractivity contribution < 1.29 is 4.79 Å². The van der Waals surface area contributed by atoms with Crippen LogP contribution in [0.2, 0.25) is 5.02 Å². The minimum Gasteiger partial charge on any atom is -0.365 e. The molecule has 0 atom stereocenters. The number of piperidine rings is 1. The van der Waals surface area contributed by atoms with Gasteiger partial charge in [-0.1, -0.05) is 35.9 Å². The summed E-state index contributed by atoms with van der Waals surface area (Å²) in [5.74, 6) is 1.64. The van der Waals surface area contributed by atoms with Crippen LogP contribution in [0.25, 0.3) is 0 Å². The van der Waals surface area contributed by atoms with E-state index in [0.29, 0.717) is 29.3 Å². The molecule has 0 radical (unpaired) electrons. The van der Waals surface area contributed by atoms with E-state index in [1.165, 1.54) is 18.4 Å². The second-order valence-corrected chi connectivity index (χ2v) is 10.3. The average molecular weight is 491 g/mol. The normalized spacial score (nSPS) is 17.1. The topological polar surface area (TPSA) is 91.0 Å². The fourth-order valence-electron chi connectivity index (χ4n) is 5.07. The Morgan fingerprint density at radius 2 is 1.97 bits per heavy atom. The maximum Gasteiger partial charge on any atom is 0.234 e. The van der Waals surface area contributed by atoms with Crippen molar-refractivity contribution in [2.45, 2.75) is 51.5 Å². The third kappa shape index (κ3) is 4.70. The summed E-state index contributed by atoms with van der Waals surface area (Å²) in [7, 11) is 0. The van der Waals surface area contributed by atoms with Crippen LogP contribution in [0, 0.1) is 6.92 Å². The van der Waals surface area contributed by atoms with Crippen LogP contribution in [-0.4, -0.2) is 29.0 Å². The third-order valence-electron chi connectivity index (χ3n) is 7.09. The van der Waals surface area contributed by atoms with Gasteiger partial charge in [-0.25, -0.2) is 4.98 Å². The van der Waals surface area contributed by atoms with Crippen molar-refractivity contribution in [3.8, 4) is 0 Å². The van der Waals surface area contributed by atoms with Crippen LogP contribution < -0.4 is 21.3 Å². The van der Waals surface area contributed by atoms with Gasteiger partial charge in [0, 0.05) is 17.9 Å². The van der Waals surface area contributed by atoms with Gasteiger partial charge in [-0.2, -0.15) is 4.98 Å². The Bertz CT molecular complexity index is 1270. The summed E-state index contributed by atoms with van der Waals surface area (Å²) in [6, 6.07) is 12.5. The van der Waals surface area contributed by atoms with E-state index in [4.69, 9.17) is 11.6 Å². The Labute approximate surface area is 211 Å². The number of fused-ring (bicyclic) bond motifs is 1. The minimum atomic E-state index is -0.590. The van der Waals surface area contributed by atoms with Gasteiger partial charge in [0.05, 0.1) is 11.6 Å². The van der Waals surface area contributed by atoms with Gasteiger partial charge >= 0.3 is 0 Å². The highest BCUT2D eigenvalue weighted by Crippen LogP contribution is 2.40. The predicted molar refractivity (Wildman–Crippen MR) is 142 cm³/mol. The van der Waals surface area contributed by atoms with E-state index in [9.17, 15) is 4.79 Å². The Hall–Kier alpha value is -3.16. The number of aryl methyl sites for hydroxylation is 1. The van der Waals surface area contributed by atoms with Crippen LogP contribution >= 0.6 is 11.6 Å². The predicted octanol–water partition coefficient (Wildman–Crippen LogP) is 5.49. The summed E-state index contributed by atoms with van der Waals surface area (Å²) in [4.78, 5) is 21.4. The molecule has 0 unspecified atom stereocenters. The van der Waals surface area contributed by atoms with Crippen LogP contribution in [0.5, 0.6) is 0 Å². The third-order valence-corrected chi connectivity index (χ3v) is 7.37. The number of nitrogens with one attached hydrogen (secondary N) is 4. The fraction of sp³-hybridized carbons (Fsp3) is 0.370. The van der Waals surface area contributed by atoms with Gasteiger partial charge in [-0.05, 0) is 87.0 Å². The molecule has 5 rings (SSSR count). The van der Waals surface area contributed by atoms with Crippen molar-refractivity contribution in [3.05, 3.63) is 69.9 Å². The Morgan fingerprint density at radius 1 is 1.17 bits per heavy atom. The number of carbonyl (C=O) groups excluding carboxylic acids is 1. The molecule has 2 aliphatic heterocycles. The van der Waals surface area contributed by atoms with E-state index in [-0.39, 0.29) is 5.91 Å². The van der Waals surface area contributed by atoms with E-state index < -0.39 is 5.41 Å². The molecule has 4 N–H and O–H groups in total. The maximum absolute atomic E-state index is 12.4. The van der Waals surface area contributed by atoms with Crippen molar-refractivity contribution in [1.82, 2.24) is 15.3 Å². The SMILES string of the molecule is Cc1cc(C2CCNCC2)ccc1Nc1ncc(Cl)c(NCc2cccc3c2C(C)(C)C(=O)N3)n1. The number of aromatic nitrogens is 2. The summed E-state index contributed by atoms with van der Waals surface area (Å²) in [6.07, 6.45) is 3.95. The first kappa shape index (κ1) is 23.6. The van der Waals surface area contributed by atoms with E-state index >= 15 is 0 Å². The molecule has 7 nitrogen and oxygen atoms in total. The molecule has 8 heteroatoms. The van der Waals surface area contributed by atoms with Gasteiger partial charge in [0.1, 0.15) is 5.02 Å². The number of rotatable bonds is 6. The number of nitrogens with zero attached hydrogens (tertiary/aromatic N) is 2. The Balaban J connectivity index is 1.32. The van der Waals surface area contributed by atoms with Gasteiger partial charge < -0.3 is 21.3 Å². The smallest absolute Gasteiger partial charge is 0.234 e. The summed E-state index contributed by atoms with van der Waals surface area (Å²) in [5, 5.41) is 13.5. The molecule has 35 heavy (non-hydrogen) atoms. The number of anilines is 4. The first-order valence-electron chi connectivity index (χ1n) is 12.1. The summed E-state index contributed by atoms with van der Waals surface area (Å²) < 4.78 is 0. The van der Waals surface area contributed by atoms with Gasteiger partial charge in [0.25, 0.3) is 0 Å². The molecule has 1 fully saturated rings.